The van der Waals surface area contributed by atoms with Crippen LogP contribution in [0, 0.1) is 0 Å². The highest BCUT2D eigenvalue weighted by molar-refractivity contribution is 5.70. The SMILES string of the molecule is CCOC(=O)COCCCCNC(=O)OCc1ccccc1. The van der Waals surface area contributed by atoms with Crippen LogP contribution >= 0.6 is 0 Å². The molecule has 122 valence electrons. The predicted octanol–water partition coefficient (Wildman–Crippen LogP) is 2.27. The number of amides is 1. The molecule has 0 unspecified atom stereocenters. The van der Waals surface area contributed by atoms with Gasteiger partial charge in [0.1, 0.15) is 13.2 Å². The van der Waals surface area contributed by atoms with Crippen molar-refractivity contribution in [2.24, 2.45) is 0 Å². The molecule has 1 aromatic rings. The van der Waals surface area contributed by atoms with E-state index in [4.69, 9.17) is 14.2 Å². The number of carbonyl (C=O) groups is 2. The van der Waals surface area contributed by atoms with Crippen molar-refractivity contribution < 1.29 is 23.8 Å². The Balaban J connectivity index is 1.94. The fourth-order valence-corrected chi connectivity index (χ4v) is 1.65. The molecule has 0 saturated carbocycles. The minimum atomic E-state index is -0.434. The summed E-state index contributed by atoms with van der Waals surface area (Å²) in [5.74, 6) is -0.356. The quantitative estimate of drug-likeness (QED) is 0.530. The molecule has 1 aromatic carbocycles. The van der Waals surface area contributed by atoms with Crippen molar-refractivity contribution in [1.82, 2.24) is 5.32 Å². The molecule has 0 fully saturated rings. The fourth-order valence-electron chi connectivity index (χ4n) is 1.65. The zero-order valence-corrected chi connectivity index (χ0v) is 12.9. The number of nitrogens with one attached hydrogen (secondary N) is 1. The van der Waals surface area contributed by atoms with Crippen molar-refractivity contribution in [3.63, 3.8) is 0 Å². The number of benzene rings is 1. The molecule has 6 heteroatoms. The topological polar surface area (TPSA) is 73.9 Å². The zero-order valence-electron chi connectivity index (χ0n) is 12.9. The number of carbonyl (C=O) groups excluding carboxylic acids is 2. The molecule has 6 nitrogen and oxygen atoms in total. The van der Waals surface area contributed by atoms with Gasteiger partial charge >= 0.3 is 12.1 Å². The van der Waals surface area contributed by atoms with E-state index in [9.17, 15) is 9.59 Å². The first-order valence-electron chi connectivity index (χ1n) is 7.40. The summed E-state index contributed by atoms with van der Waals surface area (Å²) in [5, 5.41) is 2.66. The number of hydrogen-bond donors (Lipinski definition) is 1. The van der Waals surface area contributed by atoms with Crippen LogP contribution in [0.3, 0.4) is 0 Å². The number of hydrogen-bond acceptors (Lipinski definition) is 5. The van der Waals surface area contributed by atoms with Crippen LogP contribution in [-0.2, 0) is 25.6 Å². The molecule has 0 radical (unpaired) electrons. The van der Waals surface area contributed by atoms with Crippen molar-refractivity contribution >= 4 is 12.1 Å². The van der Waals surface area contributed by atoms with Gasteiger partial charge < -0.3 is 19.5 Å². The molecule has 0 aliphatic carbocycles. The summed E-state index contributed by atoms with van der Waals surface area (Å²) in [5.41, 5.74) is 0.949. The van der Waals surface area contributed by atoms with Gasteiger partial charge in [0.2, 0.25) is 0 Å². The maximum atomic E-state index is 11.4. The lowest BCUT2D eigenvalue weighted by molar-refractivity contribution is -0.148. The number of rotatable bonds is 10. The third-order valence-corrected chi connectivity index (χ3v) is 2.72. The van der Waals surface area contributed by atoms with Crippen LogP contribution in [0.25, 0.3) is 0 Å². The summed E-state index contributed by atoms with van der Waals surface area (Å²) >= 11 is 0. The number of esters is 1. The van der Waals surface area contributed by atoms with E-state index in [0.717, 1.165) is 18.4 Å². The van der Waals surface area contributed by atoms with Crippen molar-refractivity contribution in [3.05, 3.63) is 35.9 Å². The molecule has 0 heterocycles. The van der Waals surface area contributed by atoms with Crippen LogP contribution in [-0.4, -0.2) is 38.4 Å². The van der Waals surface area contributed by atoms with Crippen molar-refractivity contribution in [2.45, 2.75) is 26.4 Å². The minimum Gasteiger partial charge on any atom is -0.464 e. The van der Waals surface area contributed by atoms with Gasteiger partial charge in [-0.2, -0.15) is 0 Å². The first kappa shape index (κ1) is 18.0. The molecule has 0 aliphatic rings. The molecule has 0 saturated heterocycles. The molecular weight excluding hydrogens is 286 g/mol. The van der Waals surface area contributed by atoms with E-state index in [0.29, 0.717) is 19.8 Å². The molecule has 0 atom stereocenters. The van der Waals surface area contributed by atoms with Gasteiger partial charge in [-0.3, -0.25) is 0 Å². The standard InChI is InChI=1S/C16H23NO5/c1-2-21-15(18)13-20-11-7-6-10-17-16(19)22-12-14-8-4-3-5-9-14/h3-5,8-9H,2,6-7,10-13H2,1H3,(H,17,19). The molecule has 1 N–H and O–H groups in total. The lowest BCUT2D eigenvalue weighted by atomic mass is 10.2. The van der Waals surface area contributed by atoms with E-state index in [2.05, 4.69) is 5.32 Å². The maximum absolute atomic E-state index is 11.4. The van der Waals surface area contributed by atoms with Crippen LogP contribution in [0.15, 0.2) is 30.3 Å². The summed E-state index contributed by atoms with van der Waals surface area (Å²) in [7, 11) is 0. The number of alkyl carbamates (subject to hydrolysis) is 1. The molecule has 0 aromatic heterocycles. The molecule has 1 amide bonds. The highest BCUT2D eigenvalue weighted by Crippen LogP contribution is 2.00. The summed E-state index contributed by atoms with van der Waals surface area (Å²) in [6, 6.07) is 9.50. The second kappa shape index (κ2) is 11.6. The van der Waals surface area contributed by atoms with Crippen LogP contribution in [0.1, 0.15) is 25.3 Å². The zero-order chi connectivity index (χ0) is 16.0. The Labute approximate surface area is 130 Å². The Morgan fingerprint density at radius 1 is 1.09 bits per heavy atom. The normalized spacial score (nSPS) is 10.0. The third-order valence-electron chi connectivity index (χ3n) is 2.72. The van der Waals surface area contributed by atoms with Gasteiger partial charge in [-0.25, -0.2) is 9.59 Å². The highest BCUT2D eigenvalue weighted by atomic mass is 16.6. The van der Waals surface area contributed by atoms with Gasteiger partial charge in [0.25, 0.3) is 0 Å². The van der Waals surface area contributed by atoms with Crippen LogP contribution in [0.4, 0.5) is 4.79 Å². The van der Waals surface area contributed by atoms with Crippen molar-refractivity contribution in [1.29, 1.82) is 0 Å². The van der Waals surface area contributed by atoms with Gasteiger partial charge in [-0.15, -0.1) is 0 Å². The Morgan fingerprint density at radius 3 is 2.59 bits per heavy atom. The average Bonchev–Trinajstić information content (AvgIpc) is 2.53. The van der Waals surface area contributed by atoms with E-state index >= 15 is 0 Å². The molecule has 22 heavy (non-hydrogen) atoms. The second-order valence-electron chi connectivity index (χ2n) is 4.55. The monoisotopic (exact) mass is 309 g/mol. The fraction of sp³-hybridized carbons (Fsp3) is 0.500. The molecule has 0 aliphatic heterocycles. The second-order valence-corrected chi connectivity index (χ2v) is 4.55. The summed E-state index contributed by atoms with van der Waals surface area (Å²) < 4.78 is 14.9. The van der Waals surface area contributed by atoms with Crippen LogP contribution in [0.2, 0.25) is 0 Å². The average molecular weight is 309 g/mol. The molecule has 0 bridgehead atoms. The van der Waals surface area contributed by atoms with Crippen molar-refractivity contribution in [3.8, 4) is 0 Å². The minimum absolute atomic E-state index is 0.0274. The first-order chi connectivity index (χ1) is 10.7. The van der Waals surface area contributed by atoms with E-state index in [1.54, 1.807) is 6.92 Å². The first-order valence-corrected chi connectivity index (χ1v) is 7.40. The van der Waals surface area contributed by atoms with Crippen LogP contribution < -0.4 is 5.32 Å². The number of ether oxygens (including phenoxy) is 3. The van der Waals surface area contributed by atoms with Gasteiger partial charge in [0.15, 0.2) is 0 Å². The lowest BCUT2D eigenvalue weighted by Gasteiger charge is -2.07. The maximum Gasteiger partial charge on any atom is 0.407 e. The third kappa shape index (κ3) is 8.97. The van der Waals surface area contributed by atoms with E-state index < -0.39 is 6.09 Å². The van der Waals surface area contributed by atoms with Gasteiger partial charge in [-0.1, -0.05) is 30.3 Å². The lowest BCUT2D eigenvalue weighted by Crippen LogP contribution is -2.25. The van der Waals surface area contributed by atoms with Crippen LogP contribution in [0.5, 0.6) is 0 Å². The van der Waals surface area contributed by atoms with Crippen molar-refractivity contribution in [2.75, 3.05) is 26.4 Å². The summed E-state index contributed by atoms with van der Waals surface area (Å²) in [6.45, 7) is 3.31. The predicted molar refractivity (Wildman–Crippen MR) is 81.3 cm³/mol. The molecular formula is C16H23NO5. The highest BCUT2D eigenvalue weighted by Gasteiger charge is 2.03. The number of unbranched alkanes of at least 4 members (excludes halogenated alkanes) is 1. The summed E-state index contributed by atoms with van der Waals surface area (Å²) in [6.07, 6.45) is 1.07. The Morgan fingerprint density at radius 2 is 1.86 bits per heavy atom. The van der Waals surface area contributed by atoms with Gasteiger partial charge in [0, 0.05) is 13.2 Å². The summed E-state index contributed by atoms with van der Waals surface area (Å²) in [4.78, 5) is 22.4. The van der Waals surface area contributed by atoms with E-state index in [1.807, 2.05) is 30.3 Å². The molecule has 0 spiro atoms. The van der Waals surface area contributed by atoms with Gasteiger partial charge in [0.05, 0.1) is 6.61 Å². The molecule has 1 rings (SSSR count). The Bertz CT molecular complexity index is 435. The Kier molecular flexibility index (Phi) is 9.45. The van der Waals surface area contributed by atoms with E-state index in [1.165, 1.54) is 0 Å². The smallest absolute Gasteiger partial charge is 0.407 e. The van der Waals surface area contributed by atoms with E-state index in [-0.39, 0.29) is 19.2 Å². The Hall–Kier alpha value is -2.08. The largest absolute Gasteiger partial charge is 0.464 e. The van der Waals surface area contributed by atoms with Gasteiger partial charge in [-0.05, 0) is 25.3 Å².